The molecule has 0 aliphatic heterocycles. The maximum atomic E-state index is 12.8. The quantitative estimate of drug-likeness (QED) is 0.725. The highest BCUT2D eigenvalue weighted by atomic mass is 16.2. The number of benzene rings is 1. The summed E-state index contributed by atoms with van der Waals surface area (Å²) in [7, 11) is 0. The van der Waals surface area contributed by atoms with Crippen LogP contribution in [0.4, 0.5) is 0 Å². The SMILES string of the molecule is CCn1c(=O)n(CC(=O)NC2CC2)c(=O)c2cnc(-c3ccccc3)nc21. The number of fused-ring (bicyclic) bond motifs is 1. The summed E-state index contributed by atoms with van der Waals surface area (Å²) in [5.41, 5.74) is -0.0217. The van der Waals surface area contributed by atoms with E-state index < -0.39 is 11.2 Å². The molecular weight excluding hydrogens is 346 g/mol. The molecule has 1 saturated carbocycles. The Bertz CT molecular complexity index is 1130. The lowest BCUT2D eigenvalue weighted by atomic mass is 10.2. The zero-order valence-electron chi connectivity index (χ0n) is 14.9. The monoisotopic (exact) mass is 365 g/mol. The Morgan fingerprint density at radius 1 is 1.19 bits per heavy atom. The zero-order chi connectivity index (χ0) is 19.0. The molecule has 0 saturated heterocycles. The Balaban J connectivity index is 1.84. The lowest BCUT2D eigenvalue weighted by Crippen LogP contribution is -2.44. The normalized spacial score (nSPS) is 13.7. The minimum Gasteiger partial charge on any atom is -0.352 e. The van der Waals surface area contributed by atoms with E-state index in [0.717, 1.165) is 23.0 Å². The second-order valence-corrected chi connectivity index (χ2v) is 6.56. The van der Waals surface area contributed by atoms with E-state index in [4.69, 9.17) is 0 Å². The van der Waals surface area contributed by atoms with Crippen molar-refractivity contribution in [2.24, 2.45) is 0 Å². The summed E-state index contributed by atoms with van der Waals surface area (Å²) in [5, 5.41) is 3.01. The van der Waals surface area contributed by atoms with Gasteiger partial charge in [0.2, 0.25) is 5.91 Å². The van der Waals surface area contributed by atoms with E-state index in [1.807, 2.05) is 30.3 Å². The van der Waals surface area contributed by atoms with Crippen LogP contribution in [0.2, 0.25) is 0 Å². The van der Waals surface area contributed by atoms with Gasteiger partial charge in [0, 0.05) is 24.3 Å². The van der Waals surface area contributed by atoms with Gasteiger partial charge in [0.25, 0.3) is 5.56 Å². The summed E-state index contributed by atoms with van der Waals surface area (Å²) in [5.74, 6) is 0.105. The van der Waals surface area contributed by atoms with Gasteiger partial charge in [0.15, 0.2) is 11.5 Å². The smallest absolute Gasteiger partial charge is 0.333 e. The van der Waals surface area contributed by atoms with E-state index in [1.165, 1.54) is 10.8 Å². The molecule has 27 heavy (non-hydrogen) atoms. The van der Waals surface area contributed by atoms with Crippen LogP contribution in [0.15, 0.2) is 46.1 Å². The highest BCUT2D eigenvalue weighted by molar-refractivity contribution is 5.78. The average molecular weight is 365 g/mol. The molecule has 0 bridgehead atoms. The third-order valence-corrected chi connectivity index (χ3v) is 4.55. The number of amides is 1. The second kappa shape index (κ2) is 6.79. The van der Waals surface area contributed by atoms with Gasteiger partial charge >= 0.3 is 5.69 Å². The number of hydrogen-bond donors (Lipinski definition) is 1. The molecule has 1 aromatic carbocycles. The van der Waals surface area contributed by atoms with Gasteiger partial charge in [-0.2, -0.15) is 0 Å². The number of carbonyl (C=O) groups is 1. The van der Waals surface area contributed by atoms with Crippen molar-refractivity contribution in [3.05, 3.63) is 57.4 Å². The van der Waals surface area contributed by atoms with Crippen molar-refractivity contribution in [3.63, 3.8) is 0 Å². The summed E-state index contributed by atoms with van der Waals surface area (Å²) in [6, 6.07) is 9.51. The first kappa shape index (κ1) is 17.1. The van der Waals surface area contributed by atoms with E-state index >= 15 is 0 Å². The number of rotatable bonds is 5. The molecule has 2 heterocycles. The van der Waals surface area contributed by atoms with Crippen molar-refractivity contribution in [1.82, 2.24) is 24.4 Å². The Labute approximate surface area is 154 Å². The molecular formula is C19H19N5O3. The molecule has 8 nitrogen and oxygen atoms in total. The minimum absolute atomic E-state index is 0.166. The van der Waals surface area contributed by atoms with Gasteiger partial charge in [0.05, 0.1) is 0 Å². The van der Waals surface area contributed by atoms with E-state index in [2.05, 4.69) is 15.3 Å². The molecule has 1 fully saturated rings. The molecule has 4 rings (SSSR count). The fourth-order valence-corrected chi connectivity index (χ4v) is 2.99. The van der Waals surface area contributed by atoms with Crippen molar-refractivity contribution < 1.29 is 4.79 Å². The summed E-state index contributed by atoms with van der Waals surface area (Å²) in [4.78, 5) is 46.4. The number of nitrogens with one attached hydrogen (secondary N) is 1. The van der Waals surface area contributed by atoms with Crippen molar-refractivity contribution in [1.29, 1.82) is 0 Å². The molecule has 8 heteroatoms. The van der Waals surface area contributed by atoms with Gasteiger partial charge in [-0.15, -0.1) is 0 Å². The number of nitrogens with zero attached hydrogens (tertiary/aromatic N) is 4. The van der Waals surface area contributed by atoms with Gasteiger partial charge in [-0.3, -0.25) is 18.7 Å². The van der Waals surface area contributed by atoms with Crippen LogP contribution >= 0.6 is 0 Å². The number of carbonyl (C=O) groups excluding carboxylic acids is 1. The molecule has 1 N–H and O–H groups in total. The van der Waals surface area contributed by atoms with Crippen LogP contribution in [-0.4, -0.2) is 31.1 Å². The van der Waals surface area contributed by atoms with Gasteiger partial charge in [-0.05, 0) is 19.8 Å². The van der Waals surface area contributed by atoms with Gasteiger partial charge in [0.1, 0.15) is 11.9 Å². The van der Waals surface area contributed by atoms with Crippen LogP contribution in [0.1, 0.15) is 19.8 Å². The number of hydrogen-bond acceptors (Lipinski definition) is 5. The van der Waals surface area contributed by atoms with E-state index in [-0.39, 0.29) is 29.5 Å². The summed E-state index contributed by atoms with van der Waals surface area (Å²) < 4.78 is 2.35. The van der Waals surface area contributed by atoms with Crippen LogP contribution in [0.5, 0.6) is 0 Å². The first-order valence-corrected chi connectivity index (χ1v) is 8.93. The predicted octanol–water partition coefficient (Wildman–Crippen LogP) is 0.919. The lowest BCUT2D eigenvalue weighted by molar-refractivity contribution is -0.121. The molecule has 0 unspecified atom stereocenters. The maximum absolute atomic E-state index is 12.8. The molecule has 0 atom stereocenters. The van der Waals surface area contributed by atoms with Crippen molar-refractivity contribution in [2.45, 2.75) is 38.9 Å². The van der Waals surface area contributed by atoms with Crippen molar-refractivity contribution in [3.8, 4) is 11.4 Å². The standard InChI is InChI=1S/C19H19N5O3/c1-2-23-17-14(10-20-16(22-17)12-6-4-3-5-7-12)18(26)24(19(23)27)11-15(25)21-13-8-9-13/h3-7,10,13H,2,8-9,11H2,1H3,(H,21,25). The molecule has 0 spiro atoms. The first-order chi connectivity index (χ1) is 13.1. The molecule has 1 aliphatic rings. The Morgan fingerprint density at radius 3 is 2.59 bits per heavy atom. The minimum atomic E-state index is -0.551. The van der Waals surface area contributed by atoms with Crippen LogP contribution in [0.25, 0.3) is 22.4 Å². The molecule has 3 aromatic rings. The highest BCUT2D eigenvalue weighted by Crippen LogP contribution is 2.18. The van der Waals surface area contributed by atoms with Gasteiger partial charge < -0.3 is 5.32 Å². The summed E-state index contributed by atoms with van der Waals surface area (Å²) in [6.45, 7) is 1.82. The van der Waals surface area contributed by atoms with Gasteiger partial charge in [-0.25, -0.2) is 14.8 Å². The molecule has 1 amide bonds. The van der Waals surface area contributed by atoms with Crippen LogP contribution in [0, 0.1) is 0 Å². The average Bonchev–Trinajstić information content (AvgIpc) is 3.50. The Kier molecular flexibility index (Phi) is 4.31. The van der Waals surface area contributed by atoms with Crippen molar-refractivity contribution >= 4 is 16.9 Å². The molecule has 1 aliphatic carbocycles. The topological polar surface area (TPSA) is 98.9 Å². The molecule has 138 valence electrons. The van der Waals surface area contributed by atoms with E-state index in [9.17, 15) is 14.4 Å². The van der Waals surface area contributed by atoms with Crippen molar-refractivity contribution in [2.75, 3.05) is 0 Å². The van der Waals surface area contributed by atoms with E-state index in [1.54, 1.807) is 6.92 Å². The molecule has 0 radical (unpaired) electrons. The second-order valence-electron chi connectivity index (χ2n) is 6.56. The first-order valence-electron chi connectivity index (χ1n) is 8.93. The van der Waals surface area contributed by atoms with Crippen LogP contribution < -0.4 is 16.6 Å². The third-order valence-electron chi connectivity index (χ3n) is 4.55. The number of aryl methyl sites for hydroxylation is 1. The van der Waals surface area contributed by atoms with Gasteiger partial charge in [-0.1, -0.05) is 30.3 Å². The lowest BCUT2D eigenvalue weighted by Gasteiger charge is -2.12. The third kappa shape index (κ3) is 3.25. The zero-order valence-corrected chi connectivity index (χ0v) is 14.9. The van der Waals surface area contributed by atoms with Crippen LogP contribution in [-0.2, 0) is 17.9 Å². The summed E-state index contributed by atoms with van der Waals surface area (Å²) in [6.07, 6.45) is 3.30. The Morgan fingerprint density at radius 2 is 1.93 bits per heavy atom. The maximum Gasteiger partial charge on any atom is 0.333 e. The fraction of sp³-hybridized carbons (Fsp3) is 0.316. The molecule has 2 aromatic heterocycles. The van der Waals surface area contributed by atoms with E-state index in [0.29, 0.717) is 12.4 Å². The largest absolute Gasteiger partial charge is 0.352 e. The predicted molar refractivity (Wildman–Crippen MR) is 100 cm³/mol. The highest BCUT2D eigenvalue weighted by Gasteiger charge is 2.24. The fourth-order valence-electron chi connectivity index (χ4n) is 2.99. The Hall–Kier alpha value is -3.29. The summed E-state index contributed by atoms with van der Waals surface area (Å²) >= 11 is 0. The number of aromatic nitrogens is 4. The van der Waals surface area contributed by atoms with Crippen LogP contribution in [0.3, 0.4) is 0 Å².